The van der Waals surface area contributed by atoms with Crippen LogP contribution in [0.15, 0.2) is 60.8 Å². The van der Waals surface area contributed by atoms with Crippen LogP contribution in [-0.4, -0.2) is 17.5 Å². The molecule has 124 valence electrons. The standard InChI is InChI=1S/C20H21NO3/c1-20(2,3)24-19(23)17-11-9-15(10-12-17)13-14-21-18(22)16-7-5-4-6-8-16/h4-14H,1-3H3,(H,21,22). The summed E-state index contributed by atoms with van der Waals surface area (Å²) in [5, 5.41) is 2.70. The van der Waals surface area contributed by atoms with E-state index in [9.17, 15) is 9.59 Å². The van der Waals surface area contributed by atoms with E-state index in [4.69, 9.17) is 4.74 Å². The van der Waals surface area contributed by atoms with Crippen LogP contribution in [-0.2, 0) is 4.74 Å². The third kappa shape index (κ3) is 5.39. The summed E-state index contributed by atoms with van der Waals surface area (Å²) in [6, 6.07) is 16.0. The van der Waals surface area contributed by atoms with Crippen LogP contribution in [0.1, 0.15) is 47.1 Å². The Morgan fingerprint density at radius 2 is 1.54 bits per heavy atom. The lowest BCUT2D eigenvalue weighted by atomic mass is 10.1. The van der Waals surface area contributed by atoms with Gasteiger partial charge < -0.3 is 10.1 Å². The number of hydrogen-bond acceptors (Lipinski definition) is 3. The van der Waals surface area contributed by atoms with E-state index in [1.807, 2.05) is 39.0 Å². The third-order valence-corrected chi connectivity index (χ3v) is 3.07. The lowest BCUT2D eigenvalue weighted by Gasteiger charge is -2.19. The van der Waals surface area contributed by atoms with E-state index in [2.05, 4.69) is 5.32 Å². The average Bonchev–Trinajstić information content (AvgIpc) is 2.54. The zero-order valence-corrected chi connectivity index (χ0v) is 14.1. The van der Waals surface area contributed by atoms with Gasteiger partial charge in [0.25, 0.3) is 5.91 Å². The molecular formula is C20H21NO3. The Kier molecular flexibility index (Phi) is 5.53. The van der Waals surface area contributed by atoms with Crippen LogP contribution in [0.3, 0.4) is 0 Å². The van der Waals surface area contributed by atoms with Crippen molar-refractivity contribution in [1.29, 1.82) is 0 Å². The number of ether oxygens (including phenoxy) is 1. The van der Waals surface area contributed by atoms with Crippen LogP contribution >= 0.6 is 0 Å². The van der Waals surface area contributed by atoms with Crippen LogP contribution in [0.4, 0.5) is 0 Å². The largest absolute Gasteiger partial charge is 0.456 e. The van der Waals surface area contributed by atoms with Gasteiger partial charge in [0.2, 0.25) is 0 Å². The Hall–Kier alpha value is -2.88. The Labute approximate surface area is 142 Å². The van der Waals surface area contributed by atoms with Crippen molar-refractivity contribution >= 4 is 18.0 Å². The Morgan fingerprint density at radius 3 is 2.12 bits per heavy atom. The van der Waals surface area contributed by atoms with Crippen LogP contribution < -0.4 is 5.32 Å². The summed E-state index contributed by atoms with van der Waals surface area (Å²) in [5.41, 5.74) is 1.45. The molecule has 2 aromatic rings. The van der Waals surface area contributed by atoms with Gasteiger partial charge in [-0.2, -0.15) is 0 Å². The third-order valence-electron chi connectivity index (χ3n) is 3.07. The zero-order chi connectivity index (χ0) is 17.6. The molecular weight excluding hydrogens is 302 g/mol. The lowest BCUT2D eigenvalue weighted by molar-refractivity contribution is 0.00694. The minimum absolute atomic E-state index is 0.169. The summed E-state index contributed by atoms with van der Waals surface area (Å²) < 4.78 is 5.31. The summed E-state index contributed by atoms with van der Waals surface area (Å²) in [5.74, 6) is -0.521. The summed E-state index contributed by atoms with van der Waals surface area (Å²) in [7, 11) is 0. The number of carbonyl (C=O) groups is 2. The van der Waals surface area contributed by atoms with Crippen molar-refractivity contribution in [2.45, 2.75) is 26.4 Å². The van der Waals surface area contributed by atoms with Crippen LogP contribution in [0, 0.1) is 0 Å². The molecule has 0 aliphatic heterocycles. The first-order valence-electron chi connectivity index (χ1n) is 7.71. The first kappa shape index (κ1) is 17.5. The second-order valence-electron chi connectivity index (χ2n) is 6.30. The van der Waals surface area contributed by atoms with Gasteiger partial charge in [-0.05, 0) is 56.7 Å². The van der Waals surface area contributed by atoms with Gasteiger partial charge in [-0.1, -0.05) is 30.3 Å². The molecule has 2 aromatic carbocycles. The molecule has 0 heterocycles. The summed E-state index contributed by atoms with van der Waals surface area (Å²) >= 11 is 0. The molecule has 1 N–H and O–H groups in total. The molecule has 0 aliphatic rings. The highest BCUT2D eigenvalue weighted by Crippen LogP contribution is 2.13. The highest BCUT2D eigenvalue weighted by Gasteiger charge is 2.17. The normalized spacial score (nSPS) is 11.3. The second-order valence-corrected chi connectivity index (χ2v) is 6.30. The van der Waals surface area contributed by atoms with Gasteiger partial charge in [0.1, 0.15) is 5.60 Å². The highest BCUT2D eigenvalue weighted by atomic mass is 16.6. The maximum absolute atomic E-state index is 11.9. The number of amides is 1. The predicted octanol–water partition coefficient (Wildman–Crippen LogP) is 4.04. The number of carbonyl (C=O) groups excluding carboxylic acids is 2. The molecule has 4 nitrogen and oxygen atoms in total. The molecule has 0 aromatic heterocycles. The SMILES string of the molecule is CC(C)(C)OC(=O)c1ccc(C=CNC(=O)c2ccccc2)cc1. The van der Waals surface area contributed by atoms with E-state index in [0.29, 0.717) is 11.1 Å². The molecule has 0 aliphatic carbocycles. The van der Waals surface area contributed by atoms with Crippen LogP contribution in [0.2, 0.25) is 0 Å². The van der Waals surface area contributed by atoms with E-state index in [0.717, 1.165) is 5.56 Å². The maximum atomic E-state index is 11.9. The highest BCUT2D eigenvalue weighted by molar-refractivity contribution is 5.95. The Balaban J connectivity index is 1.94. The quantitative estimate of drug-likeness (QED) is 0.864. The van der Waals surface area contributed by atoms with Gasteiger partial charge in [0.05, 0.1) is 5.56 Å². The van der Waals surface area contributed by atoms with Gasteiger partial charge in [-0.15, -0.1) is 0 Å². The van der Waals surface area contributed by atoms with Crippen LogP contribution in [0.5, 0.6) is 0 Å². The zero-order valence-electron chi connectivity index (χ0n) is 14.1. The van der Waals surface area contributed by atoms with E-state index in [1.165, 1.54) is 0 Å². The first-order valence-corrected chi connectivity index (χ1v) is 7.71. The average molecular weight is 323 g/mol. The fourth-order valence-corrected chi connectivity index (χ4v) is 1.95. The molecule has 0 atom stereocenters. The topological polar surface area (TPSA) is 55.4 Å². The fourth-order valence-electron chi connectivity index (χ4n) is 1.95. The van der Waals surface area contributed by atoms with E-state index in [1.54, 1.807) is 48.7 Å². The summed E-state index contributed by atoms with van der Waals surface area (Å²) in [6.45, 7) is 5.49. The second kappa shape index (κ2) is 7.59. The molecule has 0 bridgehead atoms. The number of benzene rings is 2. The smallest absolute Gasteiger partial charge is 0.338 e. The molecule has 0 fully saturated rings. The molecule has 2 rings (SSSR count). The molecule has 1 amide bonds. The van der Waals surface area contributed by atoms with Crippen molar-refractivity contribution in [3.05, 3.63) is 77.5 Å². The van der Waals surface area contributed by atoms with Crippen LogP contribution in [0.25, 0.3) is 6.08 Å². The van der Waals surface area contributed by atoms with Gasteiger partial charge in [-0.3, -0.25) is 4.79 Å². The molecule has 24 heavy (non-hydrogen) atoms. The minimum Gasteiger partial charge on any atom is -0.456 e. The summed E-state index contributed by atoms with van der Waals surface area (Å²) in [6.07, 6.45) is 3.34. The number of hydrogen-bond donors (Lipinski definition) is 1. The fraction of sp³-hybridized carbons (Fsp3) is 0.200. The van der Waals surface area contributed by atoms with E-state index in [-0.39, 0.29) is 11.9 Å². The molecule has 0 saturated carbocycles. The molecule has 0 saturated heterocycles. The van der Waals surface area contributed by atoms with E-state index < -0.39 is 5.60 Å². The monoisotopic (exact) mass is 323 g/mol. The summed E-state index contributed by atoms with van der Waals surface area (Å²) in [4.78, 5) is 23.8. The Morgan fingerprint density at radius 1 is 0.917 bits per heavy atom. The molecule has 4 heteroatoms. The Bertz CT molecular complexity index is 726. The van der Waals surface area contributed by atoms with Gasteiger partial charge in [0, 0.05) is 11.8 Å². The number of esters is 1. The van der Waals surface area contributed by atoms with Crippen molar-refractivity contribution in [2.75, 3.05) is 0 Å². The maximum Gasteiger partial charge on any atom is 0.338 e. The van der Waals surface area contributed by atoms with Crippen molar-refractivity contribution in [3.63, 3.8) is 0 Å². The minimum atomic E-state index is -0.516. The van der Waals surface area contributed by atoms with Crippen molar-refractivity contribution in [1.82, 2.24) is 5.32 Å². The number of rotatable bonds is 4. The first-order chi connectivity index (χ1) is 11.3. The molecule has 0 unspecified atom stereocenters. The van der Waals surface area contributed by atoms with Gasteiger partial charge in [-0.25, -0.2) is 4.79 Å². The van der Waals surface area contributed by atoms with E-state index >= 15 is 0 Å². The number of nitrogens with one attached hydrogen (secondary N) is 1. The van der Waals surface area contributed by atoms with Crippen molar-refractivity contribution in [2.24, 2.45) is 0 Å². The van der Waals surface area contributed by atoms with Crippen molar-refractivity contribution < 1.29 is 14.3 Å². The lowest BCUT2D eigenvalue weighted by Crippen LogP contribution is -2.23. The molecule has 0 spiro atoms. The predicted molar refractivity (Wildman–Crippen MR) is 94.6 cm³/mol. The molecule has 0 radical (unpaired) electrons. The van der Waals surface area contributed by atoms with Gasteiger partial charge >= 0.3 is 5.97 Å². The van der Waals surface area contributed by atoms with Crippen molar-refractivity contribution in [3.8, 4) is 0 Å². The van der Waals surface area contributed by atoms with Gasteiger partial charge in [0.15, 0.2) is 0 Å².